The van der Waals surface area contributed by atoms with E-state index in [1.54, 1.807) is 12.1 Å². The lowest BCUT2D eigenvalue weighted by atomic mass is 10.1. The first-order chi connectivity index (χ1) is 10.3. The normalized spacial score (nSPS) is 24.8. The van der Waals surface area contributed by atoms with Crippen LogP contribution in [0, 0.1) is 5.92 Å². The second kappa shape index (κ2) is 6.39. The molecule has 2 unspecified atom stereocenters. The highest BCUT2D eigenvalue weighted by molar-refractivity contribution is 5.92. The molecule has 21 heavy (non-hydrogen) atoms. The molecule has 3 rings (SSSR count). The fourth-order valence-electron chi connectivity index (χ4n) is 2.70. The SMILES string of the molecule is CCCNc1ccc(C(=O)NC2CCOC2C2CC2)nn1. The topological polar surface area (TPSA) is 76.1 Å². The third kappa shape index (κ3) is 3.50. The highest BCUT2D eigenvalue weighted by Gasteiger charge is 2.41. The van der Waals surface area contributed by atoms with Gasteiger partial charge in [-0.3, -0.25) is 4.79 Å². The molecular weight excluding hydrogens is 268 g/mol. The molecular formula is C15H22N4O2. The zero-order chi connectivity index (χ0) is 14.7. The number of rotatable bonds is 6. The maximum atomic E-state index is 12.2. The lowest BCUT2D eigenvalue weighted by Crippen LogP contribution is -2.41. The molecule has 1 aromatic heterocycles. The van der Waals surface area contributed by atoms with Gasteiger partial charge in [-0.2, -0.15) is 0 Å². The monoisotopic (exact) mass is 290 g/mol. The number of carbonyl (C=O) groups is 1. The Labute approximate surface area is 124 Å². The van der Waals surface area contributed by atoms with E-state index in [1.165, 1.54) is 12.8 Å². The number of nitrogens with zero attached hydrogens (tertiary/aromatic N) is 2. The second-order valence-electron chi connectivity index (χ2n) is 5.77. The highest BCUT2D eigenvalue weighted by Crippen LogP contribution is 2.38. The average molecular weight is 290 g/mol. The maximum Gasteiger partial charge on any atom is 0.272 e. The van der Waals surface area contributed by atoms with Crippen molar-refractivity contribution in [1.82, 2.24) is 15.5 Å². The smallest absolute Gasteiger partial charge is 0.272 e. The summed E-state index contributed by atoms with van der Waals surface area (Å²) in [6.45, 7) is 3.67. The molecule has 0 radical (unpaired) electrons. The van der Waals surface area contributed by atoms with E-state index in [2.05, 4.69) is 27.8 Å². The van der Waals surface area contributed by atoms with E-state index in [0.717, 1.165) is 26.0 Å². The number of anilines is 1. The maximum absolute atomic E-state index is 12.2. The van der Waals surface area contributed by atoms with Gasteiger partial charge in [0.1, 0.15) is 5.82 Å². The van der Waals surface area contributed by atoms with Crippen molar-refractivity contribution in [2.45, 2.75) is 44.8 Å². The van der Waals surface area contributed by atoms with Crippen LogP contribution in [-0.2, 0) is 4.74 Å². The molecule has 0 aromatic carbocycles. The third-order valence-corrected chi connectivity index (χ3v) is 3.99. The third-order valence-electron chi connectivity index (χ3n) is 3.99. The minimum Gasteiger partial charge on any atom is -0.376 e. The number of ether oxygens (including phenoxy) is 1. The Morgan fingerprint density at radius 3 is 2.86 bits per heavy atom. The van der Waals surface area contributed by atoms with Crippen LogP contribution in [0.2, 0.25) is 0 Å². The first-order valence-electron chi connectivity index (χ1n) is 7.78. The number of hydrogen-bond donors (Lipinski definition) is 2. The lowest BCUT2D eigenvalue weighted by molar-refractivity contribution is 0.0727. The van der Waals surface area contributed by atoms with E-state index in [1.807, 2.05) is 0 Å². The molecule has 1 aliphatic carbocycles. The molecule has 2 aliphatic rings. The van der Waals surface area contributed by atoms with Gasteiger partial charge < -0.3 is 15.4 Å². The quantitative estimate of drug-likeness (QED) is 0.832. The Kier molecular flexibility index (Phi) is 4.34. The molecule has 6 nitrogen and oxygen atoms in total. The highest BCUT2D eigenvalue weighted by atomic mass is 16.5. The summed E-state index contributed by atoms with van der Waals surface area (Å²) in [6, 6.07) is 3.62. The lowest BCUT2D eigenvalue weighted by Gasteiger charge is -2.19. The van der Waals surface area contributed by atoms with Crippen molar-refractivity contribution in [2.24, 2.45) is 5.92 Å². The van der Waals surface area contributed by atoms with Gasteiger partial charge in [-0.1, -0.05) is 6.92 Å². The number of nitrogens with one attached hydrogen (secondary N) is 2. The molecule has 2 atom stereocenters. The Morgan fingerprint density at radius 2 is 2.19 bits per heavy atom. The Bertz CT molecular complexity index is 487. The van der Waals surface area contributed by atoms with Crippen LogP contribution in [0.5, 0.6) is 0 Å². The molecule has 1 aliphatic heterocycles. The molecule has 2 N–H and O–H groups in total. The summed E-state index contributed by atoms with van der Waals surface area (Å²) in [5.74, 6) is 1.17. The van der Waals surface area contributed by atoms with Crippen molar-refractivity contribution >= 4 is 11.7 Å². The summed E-state index contributed by atoms with van der Waals surface area (Å²) in [5, 5.41) is 14.2. The summed E-state index contributed by atoms with van der Waals surface area (Å²) in [6.07, 6.45) is 4.53. The Hall–Kier alpha value is -1.69. The van der Waals surface area contributed by atoms with Gasteiger partial charge in [0.25, 0.3) is 5.91 Å². The van der Waals surface area contributed by atoms with Gasteiger partial charge in [0.15, 0.2) is 5.69 Å². The van der Waals surface area contributed by atoms with E-state index >= 15 is 0 Å². The largest absolute Gasteiger partial charge is 0.376 e. The van der Waals surface area contributed by atoms with Crippen LogP contribution >= 0.6 is 0 Å². The molecule has 2 fully saturated rings. The molecule has 1 saturated carbocycles. The van der Waals surface area contributed by atoms with Gasteiger partial charge in [0, 0.05) is 13.2 Å². The number of hydrogen-bond acceptors (Lipinski definition) is 5. The van der Waals surface area contributed by atoms with E-state index < -0.39 is 0 Å². The van der Waals surface area contributed by atoms with Crippen LogP contribution in [0.15, 0.2) is 12.1 Å². The summed E-state index contributed by atoms with van der Waals surface area (Å²) in [5.41, 5.74) is 0.360. The molecule has 1 amide bonds. The van der Waals surface area contributed by atoms with E-state index in [9.17, 15) is 4.79 Å². The van der Waals surface area contributed by atoms with Crippen LogP contribution in [0.3, 0.4) is 0 Å². The van der Waals surface area contributed by atoms with Crippen molar-refractivity contribution in [3.8, 4) is 0 Å². The predicted octanol–water partition coefficient (Wildman–Crippen LogP) is 1.60. The first-order valence-corrected chi connectivity index (χ1v) is 7.78. The molecule has 6 heteroatoms. The number of aromatic nitrogens is 2. The van der Waals surface area contributed by atoms with Crippen LogP contribution in [-0.4, -0.2) is 41.4 Å². The minimum atomic E-state index is -0.161. The summed E-state index contributed by atoms with van der Waals surface area (Å²) < 4.78 is 5.73. The van der Waals surface area contributed by atoms with Gasteiger partial charge in [-0.05, 0) is 43.7 Å². The van der Waals surface area contributed by atoms with Gasteiger partial charge in [0.05, 0.1) is 12.1 Å². The Morgan fingerprint density at radius 1 is 1.33 bits per heavy atom. The summed E-state index contributed by atoms with van der Waals surface area (Å²) >= 11 is 0. The molecule has 114 valence electrons. The van der Waals surface area contributed by atoms with Gasteiger partial charge in [-0.15, -0.1) is 10.2 Å². The fourth-order valence-corrected chi connectivity index (χ4v) is 2.70. The molecule has 1 saturated heterocycles. The number of amides is 1. The Balaban J connectivity index is 1.57. The number of carbonyl (C=O) groups excluding carboxylic acids is 1. The molecule has 0 bridgehead atoms. The van der Waals surface area contributed by atoms with Crippen molar-refractivity contribution < 1.29 is 9.53 Å². The first kappa shape index (κ1) is 14.3. The molecule has 0 spiro atoms. The zero-order valence-electron chi connectivity index (χ0n) is 12.3. The van der Waals surface area contributed by atoms with Crippen LogP contribution in [0.1, 0.15) is 43.1 Å². The van der Waals surface area contributed by atoms with Crippen LogP contribution < -0.4 is 10.6 Å². The molecule has 1 aromatic rings. The van der Waals surface area contributed by atoms with E-state index in [-0.39, 0.29) is 18.1 Å². The molecule has 2 heterocycles. The van der Waals surface area contributed by atoms with E-state index in [4.69, 9.17) is 4.74 Å². The summed E-state index contributed by atoms with van der Waals surface area (Å²) in [7, 11) is 0. The second-order valence-corrected chi connectivity index (χ2v) is 5.77. The van der Waals surface area contributed by atoms with Crippen molar-refractivity contribution in [2.75, 3.05) is 18.5 Å². The zero-order valence-corrected chi connectivity index (χ0v) is 12.3. The van der Waals surface area contributed by atoms with E-state index in [0.29, 0.717) is 17.4 Å². The predicted molar refractivity (Wildman–Crippen MR) is 79.1 cm³/mol. The van der Waals surface area contributed by atoms with Crippen molar-refractivity contribution in [3.63, 3.8) is 0 Å². The minimum absolute atomic E-state index is 0.115. The average Bonchev–Trinajstić information content (AvgIpc) is 3.26. The fraction of sp³-hybridized carbons (Fsp3) is 0.667. The standard InChI is InChI=1S/C15H22N4O2/c1-2-8-16-13-6-5-12(18-19-13)15(20)17-11-7-9-21-14(11)10-3-4-10/h5-6,10-11,14H,2-4,7-9H2,1H3,(H,16,19)(H,17,20). The van der Waals surface area contributed by atoms with Gasteiger partial charge in [-0.25, -0.2) is 0 Å². The van der Waals surface area contributed by atoms with Crippen molar-refractivity contribution in [3.05, 3.63) is 17.8 Å². The van der Waals surface area contributed by atoms with Crippen molar-refractivity contribution in [1.29, 1.82) is 0 Å². The van der Waals surface area contributed by atoms with Crippen LogP contribution in [0.4, 0.5) is 5.82 Å². The van der Waals surface area contributed by atoms with Crippen LogP contribution in [0.25, 0.3) is 0 Å². The van der Waals surface area contributed by atoms with Gasteiger partial charge >= 0.3 is 0 Å². The summed E-state index contributed by atoms with van der Waals surface area (Å²) in [4.78, 5) is 12.2. The van der Waals surface area contributed by atoms with Gasteiger partial charge in [0.2, 0.25) is 0 Å².